The number of phenolic OH excluding ortho intramolecular Hbond substituents is 6. The molecule has 0 aliphatic heterocycles. The van der Waals surface area contributed by atoms with Gasteiger partial charge in [0.05, 0.1) is 33.4 Å². The van der Waals surface area contributed by atoms with Gasteiger partial charge in [-0.15, -0.1) is 0 Å². The monoisotopic (exact) mass is 538 g/mol. The van der Waals surface area contributed by atoms with E-state index in [1.54, 1.807) is 0 Å². The lowest BCUT2D eigenvalue weighted by Gasteiger charge is -2.26. The Hall–Kier alpha value is -5.64. The number of rotatable bonds is 1. The lowest BCUT2D eigenvalue weighted by molar-refractivity contribution is 0.0970. The molecular formula is C30H18O10. The molecule has 198 valence electrons. The van der Waals surface area contributed by atoms with Crippen molar-refractivity contribution in [2.45, 2.75) is 13.8 Å². The molecule has 0 aromatic heterocycles. The molecule has 0 unspecified atom stereocenters. The maximum absolute atomic E-state index is 13.8. The number of ketones is 4. The van der Waals surface area contributed by atoms with Gasteiger partial charge in [-0.3, -0.25) is 19.2 Å². The predicted molar refractivity (Wildman–Crippen MR) is 138 cm³/mol. The Morgan fingerprint density at radius 3 is 1.05 bits per heavy atom. The first-order valence-electron chi connectivity index (χ1n) is 11.9. The number of aromatic hydroxyl groups is 6. The van der Waals surface area contributed by atoms with Crippen molar-refractivity contribution in [2.24, 2.45) is 0 Å². The first-order chi connectivity index (χ1) is 18.9. The first kappa shape index (κ1) is 24.7. The van der Waals surface area contributed by atoms with E-state index in [-0.39, 0.29) is 22.3 Å². The fraction of sp³-hybridized carbons (Fsp3) is 0.0667. The number of aryl methyl sites for hydroxylation is 2. The van der Waals surface area contributed by atoms with Crippen molar-refractivity contribution in [2.75, 3.05) is 0 Å². The zero-order valence-corrected chi connectivity index (χ0v) is 20.8. The van der Waals surface area contributed by atoms with Crippen molar-refractivity contribution in [1.82, 2.24) is 0 Å². The third-order valence-corrected chi connectivity index (χ3v) is 7.41. The van der Waals surface area contributed by atoms with Crippen LogP contribution in [0.25, 0.3) is 11.1 Å². The van der Waals surface area contributed by atoms with E-state index < -0.39 is 102 Å². The third-order valence-electron chi connectivity index (χ3n) is 7.41. The molecule has 0 fully saturated rings. The van der Waals surface area contributed by atoms with Crippen molar-refractivity contribution >= 4 is 23.1 Å². The van der Waals surface area contributed by atoms with E-state index in [9.17, 15) is 49.8 Å². The lowest BCUT2D eigenvalue weighted by atomic mass is 9.75. The number of benzene rings is 4. The summed E-state index contributed by atoms with van der Waals surface area (Å²) in [5.74, 6) is -7.31. The molecule has 6 N–H and O–H groups in total. The van der Waals surface area contributed by atoms with Gasteiger partial charge in [-0.2, -0.15) is 0 Å². The van der Waals surface area contributed by atoms with Crippen molar-refractivity contribution in [3.8, 4) is 45.6 Å². The molecule has 0 saturated heterocycles. The van der Waals surface area contributed by atoms with Crippen molar-refractivity contribution < 1.29 is 49.8 Å². The van der Waals surface area contributed by atoms with Gasteiger partial charge >= 0.3 is 0 Å². The predicted octanol–water partition coefficient (Wildman–Crippen LogP) is 3.75. The van der Waals surface area contributed by atoms with Gasteiger partial charge < -0.3 is 30.6 Å². The van der Waals surface area contributed by atoms with Gasteiger partial charge in [-0.25, -0.2) is 0 Å². The van der Waals surface area contributed by atoms with E-state index in [4.69, 9.17) is 0 Å². The van der Waals surface area contributed by atoms with Crippen LogP contribution < -0.4 is 0 Å². The first-order valence-corrected chi connectivity index (χ1v) is 11.9. The second-order valence-corrected chi connectivity index (χ2v) is 9.70. The lowest BCUT2D eigenvalue weighted by Crippen LogP contribution is -2.25. The standard InChI is InChI=1S/C30H18O10/c1-9-7-15(33)21-23(25(9)35)27(37)17-11(3-5-13(31)19(17)29(21)39)12-4-6-14(32)20-18(12)28(38)24-22(30(20)40)16(34)8-10(2)26(24)36/h3-8,31-36H,1-2H3. The van der Waals surface area contributed by atoms with Crippen LogP contribution in [0.3, 0.4) is 0 Å². The molecule has 0 heterocycles. The topological polar surface area (TPSA) is 190 Å². The van der Waals surface area contributed by atoms with Gasteiger partial charge in [0.15, 0.2) is 11.6 Å². The smallest absolute Gasteiger partial charge is 0.202 e. The van der Waals surface area contributed by atoms with E-state index in [1.807, 2.05) is 0 Å². The second kappa shape index (κ2) is 7.93. The minimum Gasteiger partial charge on any atom is -0.507 e. The summed E-state index contributed by atoms with van der Waals surface area (Å²) in [6.07, 6.45) is 0. The molecule has 0 spiro atoms. The summed E-state index contributed by atoms with van der Waals surface area (Å²) in [6.45, 7) is 2.82. The molecular weight excluding hydrogens is 520 g/mol. The summed E-state index contributed by atoms with van der Waals surface area (Å²) in [5.41, 5.74) is -3.82. The molecule has 2 aliphatic carbocycles. The van der Waals surface area contributed by atoms with Crippen molar-refractivity contribution in [1.29, 1.82) is 0 Å². The Kier molecular flexibility index (Phi) is 4.90. The Morgan fingerprint density at radius 2 is 0.700 bits per heavy atom. The maximum Gasteiger partial charge on any atom is 0.202 e. The second-order valence-electron chi connectivity index (χ2n) is 9.70. The molecule has 6 rings (SSSR count). The Morgan fingerprint density at radius 1 is 0.400 bits per heavy atom. The number of carbonyl (C=O) groups excluding carboxylic acids is 4. The molecule has 0 bridgehead atoms. The van der Waals surface area contributed by atoms with Gasteiger partial charge in [-0.1, -0.05) is 0 Å². The van der Waals surface area contributed by atoms with Crippen LogP contribution in [-0.4, -0.2) is 53.8 Å². The molecule has 0 saturated carbocycles. The number of hydrogen-bond donors (Lipinski definition) is 6. The minimum atomic E-state index is -0.963. The van der Waals surface area contributed by atoms with Gasteiger partial charge in [0.25, 0.3) is 0 Å². The summed E-state index contributed by atoms with van der Waals surface area (Å²) in [4.78, 5) is 54.6. The molecule has 0 amide bonds. The van der Waals surface area contributed by atoms with Crippen LogP contribution in [0.4, 0.5) is 0 Å². The number of fused-ring (bicyclic) bond motifs is 4. The molecule has 4 aromatic carbocycles. The highest BCUT2D eigenvalue weighted by Gasteiger charge is 2.42. The fourth-order valence-corrected chi connectivity index (χ4v) is 5.54. The maximum atomic E-state index is 13.8. The summed E-state index contributed by atoms with van der Waals surface area (Å²) >= 11 is 0. The number of hydrogen-bond acceptors (Lipinski definition) is 10. The summed E-state index contributed by atoms with van der Waals surface area (Å²) in [6, 6.07) is 6.84. The van der Waals surface area contributed by atoms with Crippen LogP contribution in [-0.2, 0) is 0 Å². The van der Waals surface area contributed by atoms with Gasteiger partial charge in [0.2, 0.25) is 11.6 Å². The van der Waals surface area contributed by atoms with E-state index >= 15 is 0 Å². The average molecular weight is 538 g/mol. The molecule has 40 heavy (non-hydrogen) atoms. The molecule has 4 aromatic rings. The third kappa shape index (κ3) is 2.92. The highest BCUT2D eigenvalue weighted by Crippen LogP contribution is 2.48. The Balaban J connectivity index is 1.70. The van der Waals surface area contributed by atoms with Crippen molar-refractivity contribution in [3.63, 3.8) is 0 Å². The zero-order chi connectivity index (χ0) is 28.9. The zero-order valence-electron chi connectivity index (χ0n) is 20.8. The summed E-state index contributed by atoms with van der Waals surface area (Å²) in [7, 11) is 0. The normalized spacial score (nSPS) is 13.6. The van der Waals surface area contributed by atoms with Gasteiger partial charge in [0, 0.05) is 11.1 Å². The van der Waals surface area contributed by atoms with Gasteiger partial charge in [-0.05, 0) is 72.5 Å². The highest BCUT2D eigenvalue weighted by molar-refractivity contribution is 6.35. The van der Waals surface area contributed by atoms with Crippen LogP contribution in [0.1, 0.15) is 74.8 Å². The Labute approximate surface area is 224 Å². The van der Waals surface area contributed by atoms with Crippen LogP contribution >= 0.6 is 0 Å². The number of carbonyl (C=O) groups is 4. The van der Waals surface area contributed by atoms with Crippen LogP contribution in [0.15, 0.2) is 36.4 Å². The average Bonchev–Trinajstić information content (AvgIpc) is 2.89. The van der Waals surface area contributed by atoms with Crippen LogP contribution in [0.5, 0.6) is 34.5 Å². The van der Waals surface area contributed by atoms with E-state index in [0.29, 0.717) is 0 Å². The Bertz CT molecular complexity index is 1810. The minimum absolute atomic E-state index is 0.102. The molecule has 0 radical (unpaired) electrons. The molecule has 2 aliphatic rings. The van der Waals surface area contributed by atoms with E-state index in [0.717, 1.165) is 24.3 Å². The van der Waals surface area contributed by atoms with E-state index in [1.165, 1.54) is 26.0 Å². The van der Waals surface area contributed by atoms with Crippen molar-refractivity contribution in [3.05, 3.63) is 92.0 Å². The molecule has 0 atom stereocenters. The SMILES string of the molecule is Cc1cc(O)c2c(c1O)C(=O)c1c(-c3ccc(O)c4c3C(=O)c3c(O)c(C)cc(O)c3C4=O)ccc(O)c1C2=O. The van der Waals surface area contributed by atoms with Crippen LogP contribution in [0.2, 0.25) is 0 Å². The molecule has 10 heteroatoms. The summed E-state index contributed by atoms with van der Waals surface area (Å²) in [5, 5.41) is 63.5. The van der Waals surface area contributed by atoms with Gasteiger partial charge in [0.1, 0.15) is 34.5 Å². The quantitative estimate of drug-likeness (QED) is 0.168. The summed E-state index contributed by atoms with van der Waals surface area (Å²) < 4.78 is 0. The largest absolute Gasteiger partial charge is 0.507 e. The van der Waals surface area contributed by atoms with E-state index in [2.05, 4.69) is 0 Å². The number of phenols is 6. The molecule has 10 nitrogen and oxygen atoms in total. The van der Waals surface area contributed by atoms with Crippen LogP contribution in [0, 0.1) is 13.8 Å². The highest BCUT2D eigenvalue weighted by atomic mass is 16.3. The fourth-order valence-electron chi connectivity index (χ4n) is 5.54.